The average Bonchev–Trinajstić information content (AvgIpc) is 3.50. The Balaban J connectivity index is 1.26. The predicted octanol–water partition coefficient (Wildman–Crippen LogP) is 2.40. The molecule has 0 bridgehead atoms. The largest absolute Gasteiger partial charge is 0.355 e. The van der Waals surface area contributed by atoms with E-state index in [9.17, 15) is 14.4 Å². The van der Waals surface area contributed by atoms with Gasteiger partial charge in [0.15, 0.2) is 0 Å². The summed E-state index contributed by atoms with van der Waals surface area (Å²) in [6, 6.07) is -0.0714. The highest BCUT2D eigenvalue weighted by Gasteiger charge is 2.38. The summed E-state index contributed by atoms with van der Waals surface area (Å²) in [7, 11) is 0. The van der Waals surface area contributed by atoms with Crippen LogP contribution in [0.1, 0.15) is 77.0 Å². The summed E-state index contributed by atoms with van der Waals surface area (Å²) in [5.74, 6) is 1.41. The Labute approximate surface area is 193 Å². The van der Waals surface area contributed by atoms with Crippen LogP contribution in [0.2, 0.25) is 0 Å². The molecule has 7 heteroatoms. The summed E-state index contributed by atoms with van der Waals surface area (Å²) in [6.45, 7) is 5.35. The van der Waals surface area contributed by atoms with Crippen LogP contribution < -0.4 is 5.32 Å². The normalized spacial score (nSPS) is 24.8. The predicted molar refractivity (Wildman–Crippen MR) is 124 cm³/mol. The molecule has 180 valence electrons. The minimum absolute atomic E-state index is 0.0714. The van der Waals surface area contributed by atoms with Gasteiger partial charge in [-0.1, -0.05) is 32.1 Å². The van der Waals surface area contributed by atoms with E-state index in [4.69, 9.17) is 0 Å². The first kappa shape index (κ1) is 23.5. The Kier molecular flexibility index (Phi) is 8.44. The number of carbonyl (C=O) groups excluding carboxylic acids is 3. The molecule has 4 aliphatic rings. The number of amides is 3. The van der Waals surface area contributed by atoms with Gasteiger partial charge >= 0.3 is 0 Å². The molecule has 0 aromatic rings. The van der Waals surface area contributed by atoms with Crippen LogP contribution >= 0.6 is 0 Å². The standard InChI is InChI=1S/C25H42N4O3/c30-22-12-6-14-27(22)15-7-13-26-24(31)23(20-8-4-5-9-20)28-16-18-29(19-17-28)25(32)21-10-2-1-3-11-21/h20-21,23H,1-19H2,(H,26,31). The lowest BCUT2D eigenvalue weighted by molar-refractivity contribution is -0.139. The van der Waals surface area contributed by atoms with Crippen molar-refractivity contribution in [3.63, 3.8) is 0 Å². The number of likely N-dealkylation sites (tertiary alicyclic amines) is 1. The van der Waals surface area contributed by atoms with E-state index in [0.29, 0.717) is 24.8 Å². The van der Waals surface area contributed by atoms with E-state index in [0.717, 1.165) is 77.8 Å². The summed E-state index contributed by atoms with van der Waals surface area (Å²) in [4.78, 5) is 44.3. The Hall–Kier alpha value is -1.63. The number of rotatable bonds is 8. The quantitative estimate of drug-likeness (QED) is 0.581. The zero-order valence-corrected chi connectivity index (χ0v) is 19.7. The van der Waals surface area contributed by atoms with Crippen molar-refractivity contribution in [2.75, 3.05) is 45.8 Å². The first-order valence-electron chi connectivity index (χ1n) is 13.2. The fourth-order valence-electron chi connectivity index (χ4n) is 6.31. The monoisotopic (exact) mass is 446 g/mol. The molecule has 1 N–H and O–H groups in total. The summed E-state index contributed by atoms with van der Waals surface area (Å²) in [5, 5.41) is 3.18. The molecule has 7 nitrogen and oxygen atoms in total. The molecule has 2 saturated carbocycles. The minimum Gasteiger partial charge on any atom is -0.355 e. The molecule has 2 aliphatic carbocycles. The first-order valence-corrected chi connectivity index (χ1v) is 13.2. The van der Waals surface area contributed by atoms with Crippen LogP contribution in [0.15, 0.2) is 0 Å². The van der Waals surface area contributed by atoms with Gasteiger partial charge in [-0.05, 0) is 44.4 Å². The van der Waals surface area contributed by atoms with Gasteiger partial charge < -0.3 is 15.1 Å². The lowest BCUT2D eigenvalue weighted by Crippen LogP contribution is -2.58. The Morgan fingerprint density at radius 3 is 2.22 bits per heavy atom. The van der Waals surface area contributed by atoms with Crippen LogP contribution in [-0.2, 0) is 14.4 Å². The van der Waals surface area contributed by atoms with E-state index in [1.165, 1.54) is 32.1 Å². The molecule has 0 spiro atoms. The van der Waals surface area contributed by atoms with E-state index in [2.05, 4.69) is 15.1 Å². The molecule has 2 aliphatic heterocycles. The van der Waals surface area contributed by atoms with E-state index >= 15 is 0 Å². The second-order valence-corrected chi connectivity index (χ2v) is 10.3. The van der Waals surface area contributed by atoms with Gasteiger partial charge in [-0.15, -0.1) is 0 Å². The summed E-state index contributed by atoms with van der Waals surface area (Å²) >= 11 is 0. The van der Waals surface area contributed by atoms with E-state index in [1.807, 2.05) is 4.90 Å². The van der Waals surface area contributed by atoms with Gasteiger partial charge in [0.05, 0.1) is 6.04 Å². The molecule has 1 atom stereocenters. The number of carbonyl (C=O) groups is 3. The zero-order valence-electron chi connectivity index (χ0n) is 19.7. The Morgan fingerprint density at radius 1 is 0.875 bits per heavy atom. The second-order valence-electron chi connectivity index (χ2n) is 10.3. The fraction of sp³-hybridized carbons (Fsp3) is 0.880. The highest BCUT2D eigenvalue weighted by Crippen LogP contribution is 2.32. The molecule has 4 fully saturated rings. The van der Waals surface area contributed by atoms with Crippen LogP contribution in [0.5, 0.6) is 0 Å². The number of nitrogens with zero attached hydrogens (tertiary/aromatic N) is 3. The minimum atomic E-state index is -0.0714. The van der Waals surface area contributed by atoms with Crippen LogP contribution in [0, 0.1) is 11.8 Å². The lowest BCUT2D eigenvalue weighted by Gasteiger charge is -2.41. The van der Waals surface area contributed by atoms with Gasteiger partial charge in [0.2, 0.25) is 17.7 Å². The molecule has 3 amide bonds. The first-order chi connectivity index (χ1) is 15.6. The van der Waals surface area contributed by atoms with Gasteiger partial charge in [0, 0.05) is 58.2 Å². The van der Waals surface area contributed by atoms with Crippen LogP contribution in [0.3, 0.4) is 0 Å². The van der Waals surface area contributed by atoms with E-state index in [-0.39, 0.29) is 23.8 Å². The summed E-state index contributed by atoms with van der Waals surface area (Å²) in [6.07, 6.45) is 12.9. The van der Waals surface area contributed by atoms with Crippen LogP contribution in [0.4, 0.5) is 0 Å². The molecule has 0 aromatic heterocycles. The van der Waals surface area contributed by atoms with Gasteiger partial charge in [0.1, 0.15) is 0 Å². The van der Waals surface area contributed by atoms with Crippen molar-refractivity contribution >= 4 is 17.7 Å². The van der Waals surface area contributed by atoms with Crippen molar-refractivity contribution in [1.29, 1.82) is 0 Å². The Bertz CT molecular complexity index is 650. The number of hydrogen-bond acceptors (Lipinski definition) is 4. The van der Waals surface area contributed by atoms with Gasteiger partial charge in [-0.25, -0.2) is 0 Å². The summed E-state index contributed by atoms with van der Waals surface area (Å²) in [5.41, 5.74) is 0. The average molecular weight is 447 g/mol. The lowest BCUT2D eigenvalue weighted by atomic mass is 9.88. The van der Waals surface area contributed by atoms with E-state index < -0.39 is 0 Å². The molecule has 0 radical (unpaired) electrons. The molecule has 32 heavy (non-hydrogen) atoms. The number of hydrogen-bond donors (Lipinski definition) is 1. The molecule has 2 saturated heterocycles. The SMILES string of the molecule is O=C(NCCCN1CCCC1=O)C(C1CCCC1)N1CCN(C(=O)C2CCCCC2)CC1. The molecular formula is C25H42N4O3. The summed E-state index contributed by atoms with van der Waals surface area (Å²) < 4.78 is 0. The molecule has 0 aromatic carbocycles. The smallest absolute Gasteiger partial charge is 0.237 e. The van der Waals surface area contributed by atoms with E-state index in [1.54, 1.807) is 0 Å². The molecule has 1 unspecified atom stereocenters. The van der Waals surface area contributed by atoms with Crippen molar-refractivity contribution in [3.8, 4) is 0 Å². The van der Waals surface area contributed by atoms with Crippen molar-refractivity contribution in [1.82, 2.24) is 20.0 Å². The molecule has 4 rings (SSSR count). The Morgan fingerprint density at radius 2 is 1.56 bits per heavy atom. The van der Waals surface area contributed by atoms with Crippen LogP contribution in [-0.4, -0.2) is 84.3 Å². The van der Waals surface area contributed by atoms with Gasteiger partial charge in [-0.3, -0.25) is 19.3 Å². The fourth-order valence-corrected chi connectivity index (χ4v) is 6.31. The van der Waals surface area contributed by atoms with Gasteiger partial charge in [0.25, 0.3) is 0 Å². The van der Waals surface area contributed by atoms with Crippen molar-refractivity contribution < 1.29 is 14.4 Å². The molecule has 2 heterocycles. The molecular weight excluding hydrogens is 404 g/mol. The van der Waals surface area contributed by atoms with Crippen molar-refractivity contribution in [2.24, 2.45) is 11.8 Å². The maximum Gasteiger partial charge on any atom is 0.237 e. The maximum absolute atomic E-state index is 13.2. The highest BCUT2D eigenvalue weighted by molar-refractivity contribution is 5.82. The second kappa shape index (κ2) is 11.5. The number of nitrogens with one attached hydrogen (secondary N) is 1. The van der Waals surface area contributed by atoms with Gasteiger partial charge in [-0.2, -0.15) is 0 Å². The third-order valence-electron chi connectivity index (χ3n) is 8.16. The number of piperazine rings is 1. The third-order valence-corrected chi connectivity index (χ3v) is 8.16. The maximum atomic E-state index is 13.2. The van der Waals surface area contributed by atoms with Crippen molar-refractivity contribution in [3.05, 3.63) is 0 Å². The topological polar surface area (TPSA) is 73.0 Å². The van der Waals surface area contributed by atoms with Crippen molar-refractivity contribution in [2.45, 2.75) is 83.1 Å². The highest BCUT2D eigenvalue weighted by atomic mass is 16.2. The third kappa shape index (κ3) is 5.83. The zero-order chi connectivity index (χ0) is 22.3. The van der Waals surface area contributed by atoms with Crippen LogP contribution in [0.25, 0.3) is 0 Å².